The lowest BCUT2D eigenvalue weighted by Gasteiger charge is -2.26. The van der Waals surface area contributed by atoms with E-state index in [1.165, 1.54) is 18.2 Å². The quantitative estimate of drug-likeness (QED) is 0.427. The van der Waals surface area contributed by atoms with Crippen LogP contribution in [0.25, 0.3) is 11.8 Å². The fraction of sp³-hybridized carbons (Fsp3) is 0.120. The van der Waals surface area contributed by atoms with Gasteiger partial charge in [-0.1, -0.05) is 29.8 Å². The molecule has 0 bridgehead atoms. The molecule has 1 saturated heterocycles. The number of hydrogen-bond donors (Lipinski definition) is 2. The summed E-state index contributed by atoms with van der Waals surface area (Å²) in [5.74, 6) is -2.68. The number of carboxylic acids is 1. The van der Waals surface area contributed by atoms with Gasteiger partial charge in [0.25, 0.3) is 11.8 Å². The number of aromatic carboxylic acids is 1. The van der Waals surface area contributed by atoms with Gasteiger partial charge in [0.1, 0.15) is 5.57 Å². The average Bonchev–Trinajstić information content (AvgIpc) is 3.06. The molecule has 2 N–H and O–H groups in total. The minimum atomic E-state index is -1.07. The summed E-state index contributed by atoms with van der Waals surface area (Å²) in [6, 6.07) is 12.1. The van der Waals surface area contributed by atoms with Crippen LogP contribution in [-0.2, 0) is 9.59 Å². The number of nitrogens with one attached hydrogen (secondary N) is 1. The molecule has 8 nitrogen and oxygen atoms in total. The van der Waals surface area contributed by atoms with Crippen LogP contribution in [0.2, 0.25) is 5.02 Å². The number of imide groups is 2. The number of anilines is 1. The van der Waals surface area contributed by atoms with Crippen LogP contribution in [0.1, 0.15) is 32.9 Å². The molecule has 0 saturated carbocycles. The Morgan fingerprint density at radius 1 is 1.03 bits per heavy atom. The molecule has 0 spiro atoms. The predicted molar refractivity (Wildman–Crippen MR) is 127 cm³/mol. The number of rotatable bonds is 4. The molecule has 34 heavy (non-hydrogen) atoms. The first-order chi connectivity index (χ1) is 16.1. The molecule has 2 aromatic carbocycles. The largest absolute Gasteiger partial charge is 0.478 e. The number of urea groups is 1. The van der Waals surface area contributed by atoms with Gasteiger partial charge in [-0.3, -0.25) is 14.9 Å². The fourth-order valence-corrected chi connectivity index (χ4v) is 4.10. The predicted octanol–water partition coefficient (Wildman–Crippen LogP) is 4.42. The number of aryl methyl sites for hydroxylation is 2. The lowest BCUT2D eigenvalue weighted by atomic mass is 10.1. The molecule has 4 rings (SSSR count). The van der Waals surface area contributed by atoms with Gasteiger partial charge >= 0.3 is 12.0 Å². The molecule has 4 amide bonds. The van der Waals surface area contributed by atoms with E-state index in [4.69, 9.17) is 11.6 Å². The van der Waals surface area contributed by atoms with Crippen LogP contribution in [0, 0.1) is 20.8 Å². The van der Waals surface area contributed by atoms with Gasteiger partial charge in [0.2, 0.25) is 0 Å². The SMILES string of the molecule is Cc1ccc(N2C(=O)NC(=O)/C(=C/c3cc(C)n(-c4ccccc4C(=O)O)c3C)C2=O)cc1Cl. The van der Waals surface area contributed by atoms with Crippen molar-refractivity contribution in [1.29, 1.82) is 0 Å². The number of hydrogen-bond acceptors (Lipinski definition) is 4. The van der Waals surface area contributed by atoms with Crippen molar-refractivity contribution >= 4 is 47.2 Å². The van der Waals surface area contributed by atoms with Gasteiger partial charge in [-0.25, -0.2) is 14.5 Å². The van der Waals surface area contributed by atoms with Crippen LogP contribution in [0.4, 0.5) is 10.5 Å². The van der Waals surface area contributed by atoms with Gasteiger partial charge in [0, 0.05) is 16.4 Å². The summed E-state index contributed by atoms with van der Waals surface area (Å²) in [5, 5.41) is 12.1. The summed E-state index contributed by atoms with van der Waals surface area (Å²) in [7, 11) is 0. The number of barbiturate groups is 1. The third-order valence-corrected chi connectivity index (χ3v) is 6.07. The zero-order valence-electron chi connectivity index (χ0n) is 18.5. The highest BCUT2D eigenvalue weighted by molar-refractivity contribution is 6.39. The number of amides is 4. The second-order valence-electron chi connectivity index (χ2n) is 7.88. The van der Waals surface area contributed by atoms with Gasteiger partial charge in [0.15, 0.2) is 0 Å². The van der Waals surface area contributed by atoms with E-state index in [1.807, 2.05) is 0 Å². The molecular formula is C25H20ClN3O5. The number of halogens is 1. The molecule has 9 heteroatoms. The molecular weight excluding hydrogens is 458 g/mol. The first kappa shape index (κ1) is 23.0. The number of aromatic nitrogens is 1. The number of carbonyl (C=O) groups excluding carboxylic acids is 3. The third-order valence-electron chi connectivity index (χ3n) is 5.66. The molecule has 0 aliphatic carbocycles. The molecule has 2 heterocycles. The maximum Gasteiger partial charge on any atom is 0.337 e. The summed E-state index contributed by atoms with van der Waals surface area (Å²) < 4.78 is 1.74. The Balaban J connectivity index is 1.80. The molecule has 0 radical (unpaired) electrons. The maximum atomic E-state index is 13.2. The first-order valence-electron chi connectivity index (χ1n) is 10.3. The van der Waals surface area contributed by atoms with Crippen LogP contribution in [-0.4, -0.2) is 33.5 Å². The van der Waals surface area contributed by atoms with Crippen molar-refractivity contribution in [3.05, 3.63) is 87.2 Å². The van der Waals surface area contributed by atoms with Crippen LogP contribution < -0.4 is 10.2 Å². The van der Waals surface area contributed by atoms with Gasteiger partial charge in [0.05, 0.1) is 16.9 Å². The standard InChI is InChI=1S/C25H20ClN3O5/c1-13-8-9-17(12-20(13)26)29-23(31)19(22(30)27-25(29)34)11-16-10-14(2)28(15(16)3)21-7-5-4-6-18(21)24(32)33/h4-12H,1-3H3,(H,32,33)(H,27,30,34)/b19-11-. The molecule has 0 atom stereocenters. The van der Waals surface area contributed by atoms with E-state index in [0.29, 0.717) is 27.7 Å². The Bertz CT molecular complexity index is 1420. The van der Waals surface area contributed by atoms with E-state index < -0.39 is 23.8 Å². The molecule has 1 aliphatic heterocycles. The Morgan fingerprint density at radius 3 is 2.41 bits per heavy atom. The lowest BCUT2D eigenvalue weighted by molar-refractivity contribution is -0.122. The zero-order valence-corrected chi connectivity index (χ0v) is 19.3. The number of nitrogens with zero attached hydrogens (tertiary/aromatic N) is 2. The van der Waals surface area contributed by atoms with E-state index in [9.17, 15) is 24.3 Å². The third kappa shape index (κ3) is 3.88. The van der Waals surface area contributed by atoms with Crippen LogP contribution in [0.3, 0.4) is 0 Å². The molecule has 3 aromatic rings. The average molecular weight is 478 g/mol. The number of benzene rings is 2. The monoisotopic (exact) mass is 477 g/mol. The Hall–Kier alpha value is -4.17. The second kappa shape index (κ2) is 8.64. The van der Waals surface area contributed by atoms with Crippen molar-refractivity contribution in [3.8, 4) is 5.69 Å². The van der Waals surface area contributed by atoms with Crippen molar-refractivity contribution in [2.24, 2.45) is 0 Å². The highest BCUT2D eigenvalue weighted by Crippen LogP contribution is 2.29. The first-order valence-corrected chi connectivity index (χ1v) is 10.7. The minimum absolute atomic E-state index is 0.114. The Kier molecular flexibility index (Phi) is 5.85. The smallest absolute Gasteiger partial charge is 0.337 e. The number of para-hydroxylation sites is 1. The van der Waals surface area contributed by atoms with Gasteiger partial charge in [-0.2, -0.15) is 0 Å². The van der Waals surface area contributed by atoms with Gasteiger partial charge in [-0.15, -0.1) is 0 Å². The Labute approximate surface area is 200 Å². The van der Waals surface area contributed by atoms with Crippen molar-refractivity contribution in [1.82, 2.24) is 9.88 Å². The molecule has 1 aromatic heterocycles. The van der Waals surface area contributed by atoms with Crippen LogP contribution in [0.5, 0.6) is 0 Å². The topological polar surface area (TPSA) is 109 Å². The minimum Gasteiger partial charge on any atom is -0.478 e. The summed E-state index contributed by atoms with van der Waals surface area (Å²) in [6.07, 6.45) is 1.40. The molecule has 172 valence electrons. The van der Waals surface area contributed by atoms with Crippen molar-refractivity contribution in [2.75, 3.05) is 4.90 Å². The van der Waals surface area contributed by atoms with Crippen molar-refractivity contribution in [3.63, 3.8) is 0 Å². The van der Waals surface area contributed by atoms with E-state index in [2.05, 4.69) is 5.32 Å². The molecule has 1 aliphatic rings. The summed E-state index contributed by atoms with van der Waals surface area (Å²) >= 11 is 6.16. The summed E-state index contributed by atoms with van der Waals surface area (Å²) in [6.45, 7) is 5.34. The summed E-state index contributed by atoms with van der Waals surface area (Å²) in [5.41, 5.74) is 3.22. The molecule has 0 unspecified atom stereocenters. The fourth-order valence-electron chi connectivity index (χ4n) is 3.92. The van der Waals surface area contributed by atoms with E-state index in [0.717, 1.165) is 10.5 Å². The lowest BCUT2D eigenvalue weighted by Crippen LogP contribution is -2.54. The van der Waals surface area contributed by atoms with Crippen LogP contribution >= 0.6 is 11.6 Å². The highest BCUT2D eigenvalue weighted by atomic mass is 35.5. The van der Waals surface area contributed by atoms with Crippen molar-refractivity contribution in [2.45, 2.75) is 20.8 Å². The summed E-state index contributed by atoms with van der Waals surface area (Å²) in [4.78, 5) is 50.8. The van der Waals surface area contributed by atoms with E-state index in [1.54, 1.807) is 61.7 Å². The Morgan fingerprint density at radius 2 is 1.74 bits per heavy atom. The van der Waals surface area contributed by atoms with Gasteiger partial charge < -0.3 is 9.67 Å². The second-order valence-corrected chi connectivity index (χ2v) is 8.28. The normalized spacial score (nSPS) is 15.1. The van der Waals surface area contributed by atoms with Gasteiger partial charge in [-0.05, 0) is 68.3 Å². The maximum absolute atomic E-state index is 13.2. The zero-order chi connectivity index (χ0) is 24.7. The highest BCUT2D eigenvalue weighted by Gasteiger charge is 2.37. The van der Waals surface area contributed by atoms with Crippen LogP contribution in [0.15, 0.2) is 54.1 Å². The van der Waals surface area contributed by atoms with Crippen molar-refractivity contribution < 1.29 is 24.3 Å². The molecule has 1 fully saturated rings. The van der Waals surface area contributed by atoms with E-state index >= 15 is 0 Å². The number of carbonyl (C=O) groups is 4. The van der Waals surface area contributed by atoms with E-state index in [-0.39, 0.29) is 16.8 Å². The number of carboxylic acid groups (broad SMARTS) is 1.